The van der Waals surface area contributed by atoms with Crippen LogP contribution in [-0.2, 0) is 0 Å². The molecule has 0 saturated heterocycles. The maximum absolute atomic E-state index is 5.82. The second-order valence-electron chi connectivity index (χ2n) is 4.45. The third-order valence-electron chi connectivity index (χ3n) is 2.80. The van der Waals surface area contributed by atoms with E-state index in [-0.39, 0.29) is 0 Å². The first-order valence-corrected chi connectivity index (χ1v) is 6.95. The Morgan fingerprint density at radius 3 is 2.78 bits per heavy atom. The van der Waals surface area contributed by atoms with Gasteiger partial charge in [-0.25, -0.2) is 9.97 Å². The van der Waals surface area contributed by atoms with Gasteiger partial charge in [0.2, 0.25) is 0 Å². The topological polar surface area (TPSA) is 63.8 Å². The fourth-order valence-electron chi connectivity index (χ4n) is 1.79. The molecule has 5 heteroatoms. The monoisotopic (exact) mass is 352 g/mol. The summed E-state index contributed by atoms with van der Waals surface area (Å²) in [5.74, 6) is 2.67. The molecule has 0 aliphatic heterocycles. The van der Waals surface area contributed by atoms with Gasteiger partial charge in [0.05, 0.1) is 0 Å². The van der Waals surface area contributed by atoms with Crippen LogP contribution in [0.2, 0.25) is 0 Å². The molecular formula is C13H13IN4. The molecule has 1 aliphatic rings. The van der Waals surface area contributed by atoms with Crippen LogP contribution in [0.25, 0.3) is 0 Å². The molecule has 1 saturated carbocycles. The molecule has 1 heterocycles. The van der Waals surface area contributed by atoms with Crippen molar-refractivity contribution in [2.24, 2.45) is 0 Å². The summed E-state index contributed by atoms with van der Waals surface area (Å²) in [5, 5.41) is 3.27. The highest BCUT2D eigenvalue weighted by Gasteiger charge is 2.27. The highest BCUT2D eigenvalue weighted by Crippen LogP contribution is 2.38. The minimum Gasteiger partial charge on any atom is -0.384 e. The molecule has 4 nitrogen and oxygen atoms in total. The van der Waals surface area contributed by atoms with E-state index in [4.69, 9.17) is 5.73 Å². The Balaban J connectivity index is 1.87. The van der Waals surface area contributed by atoms with Gasteiger partial charge in [0, 0.05) is 21.2 Å². The molecular weight excluding hydrogens is 339 g/mol. The number of anilines is 3. The number of nitrogens with two attached hydrogens (primary N) is 1. The van der Waals surface area contributed by atoms with Crippen LogP contribution in [-0.4, -0.2) is 9.97 Å². The van der Waals surface area contributed by atoms with E-state index < -0.39 is 0 Å². The molecule has 92 valence electrons. The quantitative estimate of drug-likeness (QED) is 0.833. The fraction of sp³-hybridized carbons (Fsp3) is 0.231. The number of hydrogen-bond donors (Lipinski definition) is 2. The van der Waals surface area contributed by atoms with Crippen LogP contribution in [0, 0.1) is 3.57 Å². The summed E-state index contributed by atoms with van der Waals surface area (Å²) in [6.45, 7) is 0. The number of benzene rings is 1. The molecule has 1 aromatic carbocycles. The first kappa shape index (κ1) is 11.7. The van der Waals surface area contributed by atoms with E-state index in [0.717, 1.165) is 17.3 Å². The maximum atomic E-state index is 5.82. The van der Waals surface area contributed by atoms with Crippen molar-refractivity contribution >= 4 is 39.9 Å². The summed E-state index contributed by atoms with van der Waals surface area (Å²) in [7, 11) is 0. The van der Waals surface area contributed by atoms with Crippen molar-refractivity contribution in [3.8, 4) is 0 Å². The lowest BCUT2D eigenvalue weighted by atomic mass is 10.3. The van der Waals surface area contributed by atoms with Crippen molar-refractivity contribution in [2.75, 3.05) is 11.1 Å². The van der Waals surface area contributed by atoms with Crippen LogP contribution in [0.5, 0.6) is 0 Å². The summed E-state index contributed by atoms with van der Waals surface area (Å²) >= 11 is 2.28. The van der Waals surface area contributed by atoms with Gasteiger partial charge in [-0.1, -0.05) is 6.07 Å². The standard InChI is InChI=1S/C13H13IN4/c14-9-2-1-3-10(6-9)16-12-7-11(15)17-13(18-12)8-4-5-8/h1-3,6-8H,4-5H2,(H3,15,16,17,18). The Bertz CT molecular complexity index is 581. The highest BCUT2D eigenvalue weighted by atomic mass is 127. The zero-order valence-electron chi connectivity index (χ0n) is 9.73. The minimum atomic E-state index is 0.505. The van der Waals surface area contributed by atoms with Gasteiger partial charge in [-0.2, -0.15) is 0 Å². The van der Waals surface area contributed by atoms with E-state index >= 15 is 0 Å². The van der Waals surface area contributed by atoms with Gasteiger partial charge in [-0.3, -0.25) is 0 Å². The van der Waals surface area contributed by atoms with Crippen LogP contribution in [0.4, 0.5) is 17.3 Å². The lowest BCUT2D eigenvalue weighted by Gasteiger charge is -2.08. The van der Waals surface area contributed by atoms with E-state index in [9.17, 15) is 0 Å². The number of nitrogen functional groups attached to an aromatic ring is 1. The molecule has 0 spiro atoms. The van der Waals surface area contributed by atoms with E-state index in [1.165, 1.54) is 16.4 Å². The molecule has 1 aliphatic carbocycles. The SMILES string of the molecule is Nc1cc(Nc2cccc(I)c2)nc(C2CC2)n1. The van der Waals surface area contributed by atoms with Gasteiger partial charge in [-0.05, 0) is 53.6 Å². The number of nitrogens with zero attached hydrogens (tertiary/aromatic N) is 2. The molecule has 18 heavy (non-hydrogen) atoms. The molecule has 0 bridgehead atoms. The van der Waals surface area contributed by atoms with Gasteiger partial charge in [0.15, 0.2) is 0 Å². The number of rotatable bonds is 3. The van der Waals surface area contributed by atoms with Crippen LogP contribution < -0.4 is 11.1 Å². The van der Waals surface area contributed by atoms with E-state index in [1.807, 2.05) is 12.1 Å². The predicted octanol–water partition coefficient (Wildman–Crippen LogP) is 3.28. The van der Waals surface area contributed by atoms with Crippen LogP contribution in [0.1, 0.15) is 24.6 Å². The van der Waals surface area contributed by atoms with Crippen LogP contribution in [0.3, 0.4) is 0 Å². The van der Waals surface area contributed by atoms with Crippen molar-refractivity contribution < 1.29 is 0 Å². The first-order valence-electron chi connectivity index (χ1n) is 5.88. The van der Waals surface area contributed by atoms with E-state index in [1.54, 1.807) is 6.07 Å². The van der Waals surface area contributed by atoms with Crippen LogP contribution >= 0.6 is 22.6 Å². The average molecular weight is 352 g/mol. The van der Waals surface area contributed by atoms with Gasteiger partial charge < -0.3 is 11.1 Å². The summed E-state index contributed by atoms with van der Waals surface area (Å²) in [6, 6.07) is 9.91. The molecule has 3 N–H and O–H groups in total. The summed E-state index contributed by atoms with van der Waals surface area (Å²) in [6.07, 6.45) is 2.35. The minimum absolute atomic E-state index is 0.505. The third-order valence-corrected chi connectivity index (χ3v) is 3.47. The summed E-state index contributed by atoms with van der Waals surface area (Å²) in [4.78, 5) is 8.80. The van der Waals surface area contributed by atoms with E-state index in [0.29, 0.717) is 11.7 Å². The molecule has 0 amide bonds. The molecule has 1 fully saturated rings. The smallest absolute Gasteiger partial charge is 0.136 e. The molecule has 2 aromatic rings. The molecule has 1 aromatic heterocycles. The zero-order valence-corrected chi connectivity index (χ0v) is 11.9. The van der Waals surface area contributed by atoms with Crippen molar-refractivity contribution in [3.05, 3.63) is 39.7 Å². The first-order chi connectivity index (χ1) is 8.70. The normalized spacial score (nSPS) is 14.5. The zero-order chi connectivity index (χ0) is 12.5. The Labute approximate surface area is 119 Å². The van der Waals surface area contributed by atoms with E-state index in [2.05, 4.69) is 50.0 Å². The van der Waals surface area contributed by atoms with Crippen LogP contribution in [0.15, 0.2) is 30.3 Å². The lowest BCUT2D eigenvalue weighted by molar-refractivity contribution is 0.936. The van der Waals surface area contributed by atoms with Gasteiger partial charge >= 0.3 is 0 Å². The average Bonchev–Trinajstić information content (AvgIpc) is 3.11. The van der Waals surface area contributed by atoms with Crippen molar-refractivity contribution in [3.63, 3.8) is 0 Å². The number of hydrogen-bond acceptors (Lipinski definition) is 4. The Hall–Kier alpha value is -1.37. The largest absolute Gasteiger partial charge is 0.384 e. The van der Waals surface area contributed by atoms with Gasteiger partial charge in [0.25, 0.3) is 0 Å². The predicted molar refractivity (Wildman–Crippen MR) is 80.9 cm³/mol. The lowest BCUT2D eigenvalue weighted by Crippen LogP contribution is -2.02. The Morgan fingerprint density at radius 2 is 2.06 bits per heavy atom. The molecule has 0 radical (unpaired) electrons. The number of nitrogens with one attached hydrogen (secondary N) is 1. The second kappa shape index (κ2) is 4.72. The Kier molecular flexibility index (Phi) is 3.07. The third kappa shape index (κ3) is 2.72. The van der Waals surface area contributed by atoms with Crippen molar-refractivity contribution in [2.45, 2.75) is 18.8 Å². The summed E-state index contributed by atoms with van der Waals surface area (Å²) < 4.78 is 1.18. The number of halogens is 1. The maximum Gasteiger partial charge on any atom is 0.136 e. The molecule has 0 atom stereocenters. The van der Waals surface area contributed by atoms with Crippen molar-refractivity contribution in [1.82, 2.24) is 9.97 Å². The highest BCUT2D eigenvalue weighted by molar-refractivity contribution is 14.1. The Morgan fingerprint density at radius 1 is 1.22 bits per heavy atom. The van der Waals surface area contributed by atoms with Gasteiger partial charge in [-0.15, -0.1) is 0 Å². The van der Waals surface area contributed by atoms with Crippen molar-refractivity contribution in [1.29, 1.82) is 0 Å². The van der Waals surface area contributed by atoms with Gasteiger partial charge in [0.1, 0.15) is 17.5 Å². The summed E-state index contributed by atoms with van der Waals surface area (Å²) in [5.41, 5.74) is 6.83. The number of aromatic nitrogens is 2. The molecule has 3 rings (SSSR count). The molecule has 0 unspecified atom stereocenters. The fourth-order valence-corrected chi connectivity index (χ4v) is 2.33. The second-order valence-corrected chi connectivity index (χ2v) is 5.69.